The molecule has 0 aliphatic rings. The maximum absolute atomic E-state index is 3.82. The van der Waals surface area contributed by atoms with Gasteiger partial charge in [-0.25, -0.2) is 0 Å². The molecule has 0 fully saturated rings. The number of aliphatic imine (C=N–C) groups is 1. The standard InChI is InChI=1S/C7H14N2/c1-4-9-6-7(2)5-8-3/h5,9H,2,4,6H2,1,3H3/b8-5-. The summed E-state index contributed by atoms with van der Waals surface area (Å²) in [6.45, 7) is 7.66. The molecule has 0 spiro atoms. The van der Waals surface area contributed by atoms with Gasteiger partial charge in [0.25, 0.3) is 0 Å². The van der Waals surface area contributed by atoms with Crippen molar-refractivity contribution < 1.29 is 0 Å². The maximum atomic E-state index is 3.82. The molecule has 0 atom stereocenters. The van der Waals surface area contributed by atoms with Gasteiger partial charge in [0.15, 0.2) is 0 Å². The smallest absolute Gasteiger partial charge is 0.0277 e. The van der Waals surface area contributed by atoms with Crippen LogP contribution in [-0.4, -0.2) is 26.4 Å². The van der Waals surface area contributed by atoms with E-state index in [4.69, 9.17) is 0 Å². The molecule has 2 nitrogen and oxygen atoms in total. The van der Waals surface area contributed by atoms with Gasteiger partial charge < -0.3 is 5.32 Å². The second kappa shape index (κ2) is 5.51. The highest BCUT2D eigenvalue weighted by Gasteiger charge is 1.83. The molecule has 0 heterocycles. The largest absolute Gasteiger partial charge is 0.313 e. The second-order valence-corrected chi connectivity index (χ2v) is 1.83. The van der Waals surface area contributed by atoms with Crippen molar-refractivity contribution in [2.45, 2.75) is 6.92 Å². The minimum atomic E-state index is 0.841. The maximum Gasteiger partial charge on any atom is 0.0277 e. The van der Waals surface area contributed by atoms with Crippen molar-refractivity contribution in [2.75, 3.05) is 20.1 Å². The molecule has 9 heavy (non-hydrogen) atoms. The summed E-state index contributed by atoms with van der Waals surface area (Å²) in [5, 5.41) is 3.14. The van der Waals surface area contributed by atoms with Crippen LogP contribution in [0.4, 0.5) is 0 Å². The Morgan fingerprint density at radius 1 is 1.78 bits per heavy atom. The predicted molar refractivity (Wildman–Crippen MR) is 42.1 cm³/mol. The normalized spacial score (nSPS) is 10.4. The first kappa shape index (κ1) is 8.37. The topological polar surface area (TPSA) is 24.4 Å². The van der Waals surface area contributed by atoms with Crippen molar-refractivity contribution in [1.29, 1.82) is 0 Å². The Morgan fingerprint density at radius 2 is 2.44 bits per heavy atom. The quantitative estimate of drug-likeness (QED) is 0.555. The number of hydrogen-bond donors (Lipinski definition) is 1. The highest BCUT2D eigenvalue weighted by atomic mass is 14.8. The molecule has 0 radical (unpaired) electrons. The van der Waals surface area contributed by atoms with E-state index in [2.05, 4.69) is 23.8 Å². The summed E-state index contributed by atoms with van der Waals surface area (Å²) in [7, 11) is 1.75. The highest BCUT2D eigenvalue weighted by molar-refractivity contribution is 5.77. The lowest BCUT2D eigenvalue weighted by atomic mass is 10.3. The molecule has 0 amide bonds. The Bertz CT molecular complexity index is 105. The monoisotopic (exact) mass is 126 g/mol. The molecule has 52 valence electrons. The van der Waals surface area contributed by atoms with Gasteiger partial charge >= 0.3 is 0 Å². The first-order valence-corrected chi connectivity index (χ1v) is 3.12. The summed E-state index contributed by atoms with van der Waals surface area (Å²) in [6, 6.07) is 0. The van der Waals surface area contributed by atoms with E-state index in [1.807, 2.05) is 0 Å². The van der Waals surface area contributed by atoms with Crippen molar-refractivity contribution in [3.05, 3.63) is 12.2 Å². The van der Waals surface area contributed by atoms with Crippen molar-refractivity contribution in [1.82, 2.24) is 5.32 Å². The van der Waals surface area contributed by atoms with Crippen molar-refractivity contribution in [2.24, 2.45) is 4.99 Å². The molecule has 2 heteroatoms. The molecule has 0 aromatic carbocycles. The molecular formula is C7H14N2. The summed E-state index contributed by atoms with van der Waals surface area (Å²) < 4.78 is 0. The van der Waals surface area contributed by atoms with Crippen LogP contribution in [-0.2, 0) is 0 Å². The van der Waals surface area contributed by atoms with E-state index >= 15 is 0 Å². The minimum absolute atomic E-state index is 0.841. The molecule has 0 saturated carbocycles. The van der Waals surface area contributed by atoms with Crippen molar-refractivity contribution >= 4 is 6.21 Å². The van der Waals surface area contributed by atoms with E-state index in [-0.39, 0.29) is 0 Å². The van der Waals surface area contributed by atoms with Crippen molar-refractivity contribution in [3.63, 3.8) is 0 Å². The van der Waals surface area contributed by atoms with E-state index < -0.39 is 0 Å². The fourth-order valence-corrected chi connectivity index (χ4v) is 0.514. The average Bonchev–Trinajstić information content (AvgIpc) is 1.85. The Hall–Kier alpha value is -0.630. The molecule has 0 aromatic heterocycles. The van der Waals surface area contributed by atoms with Gasteiger partial charge in [0.1, 0.15) is 0 Å². The lowest BCUT2D eigenvalue weighted by Gasteiger charge is -1.97. The summed E-state index contributed by atoms with van der Waals surface area (Å²) >= 11 is 0. The number of likely N-dealkylation sites (N-methyl/N-ethyl adjacent to an activating group) is 1. The zero-order valence-corrected chi connectivity index (χ0v) is 6.15. The first-order chi connectivity index (χ1) is 4.31. The van der Waals surface area contributed by atoms with Gasteiger partial charge in [-0.3, -0.25) is 4.99 Å². The van der Waals surface area contributed by atoms with Gasteiger partial charge in [-0.2, -0.15) is 0 Å². The minimum Gasteiger partial charge on any atom is -0.313 e. The lowest BCUT2D eigenvalue weighted by Crippen LogP contribution is -2.15. The Morgan fingerprint density at radius 3 is 2.89 bits per heavy atom. The van der Waals surface area contributed by atoms with Crippen LogP contribution < -0.4 is 5.32 Å². The third-order valence-corrected chi connectivity index (χ3v) is 0.914. The Kier molecular flexibility index (Phi) is 5.12. The fraction of sp³-hybridized carbons (Fsp3) is 0.571. The van der Waals surface area contributed by atoms with Crippen LogP contribution >= 0.6 is 0 Å². The number of nitrogens with zero attached hydrogens (tertiary/aromatic N) is 1. The Labute approximate surface area is 56.7 Å². The molecule has 1 N–H and O–H groups in total. The zero-order valence-electron chi connectivity index (χ0n) is 6.15. The first-order valence-electron chi connectivity index (χ1n) is 3.12. The number of hydrogen-bond acceptors (Lipinski definition) is 2. The summed E-state index contributed by atoms with van der Waals surface area (Å²) in [5.74, 6) is 0. The molecule has 0 saturated heterocycles. The van der Waals surface area contributed by atoms with Crippen LogP contribution in [0.5, 0.6) is 0 Å². The van der Waals surface area contributed by atoms with Crippen LogP contribution in [0, 0.1) is 0 Å². The number of rotatable bonds is 4. The van der Waals surface area contributed by atoms with Crippen LogP contribution in [0.15, 0.2) is 17.1 Å². The van der Waals surface area contributed by atoms with Crippen LogP contribution in [0.2, 0.25) is 0 Å². The van der Waals surface area contributed by atoms with Crippen LogP contribution in [0.1, 0.15) is 6.92 Å². The van der Waals surface area contributed by atoms with Gasteiger partial charge in [-0.1, -0.05) is 13.5 Å². The molecule has 0 rings (SSSR count). The summed E-state index contributed by atoms with van der Waals surface area (Å²) in [5.41, 5.74) is 1.03. The van der Waals surface area contributed by atoms with Gasteiger partial charge in [-0.15, -0.1) is 0 Å². The van der Waals surface area contributed by atoms with Crippen LogP contribution in [0.25, 0.3) is 0 Å². The molecular weight excluding hydrogens is 112 g/mol. The van der Waals surface area contributed by atoms with E-state index in [0.29, 0.717) is 0 Å². The average molecular weight is 126 g/mol. The third-order valence-electron chi connectivity index (χ3n) is 0.914. The van der Waals surface area contributed by atoms with Gasteiger partial charge in [-0.05, 0) is 12.1 Å². The molecule has 0 aliphatic carbocycles. The predicted octanol–water partition coefficient (Wildman–Crippen LogP) is 0.853. The third kappa shape index (κ3) is 5.24. The van der Waals surface area contributed by atoms with E-state index in [9.17, 15) is 0 Å². The lowest BCUT2D eigenvalue weighted by molar-refractivity contribution is 0.791. The molecule has 0 aliphatic heterocycles. The summed E-state index contributed by atoms with van der Waals surface area (Å²) in [4.78, 5) is 3.82. The molecule has 0 bridgehead atoms. The van der Waals surface area contributed by atoms with Crippen molar-refractivity contribution in [3.8, 4) is 0 Å². The fourth-order valence-electron chi connectivity index (χ4n) is 0.514. The molecule has 0 unspecified atom stereocenters. The van der Waals surface area contributed by atoms with Gasteiger partial charge in [0.2, 0.25) is 0 Å². The van der Waals surface area contributed by atoms with E-state index in [1.165, 1.54) is 0 Å². The SMILES string of the molecule is C=C(/C=N\C)CNCC. The summed E-state index contributed by atoms with van der Waals surface area (Å²) in [6.07, 6.45) is 1.77. The van der Waals surface area contributed by atoms with Crippen LogP contribution in [0.3, 0.4) is 0 Å². The Balaban J connectivity index is 3.27. The zero-order chi connectivity index (χ0) is 7.11. The molecule has 0 aromatic rings. The van der Waals surface area contributed by atoms with E-state index in [0.717, 1.165) is 18.7 Å². The highest BCUT2D eigenvalue weighted by Crippen LogP contribution is 1.79. The van der Waals surface area contributed by atoms with E-state index in [1.54, 1.807) is 13.3 Å². The van der Waals surface area contributed by atoms with Gasteiger partial charge in [0, 0.05) is 19.8 Å². The van der Waals surface area contributed by atoms with Gasteiger partial charge in [0.05, 0.1) is 0 Å². The number of nitrogens with one attached hydrogen (secondary N) is 1. The second-order valence-electron chi connectivity index (χ2n) is 1.83.